The van der Waals surface area contributed by atoms with Gasteiger partial charge in [-0.2, -0.15) is 5.10 Å². The van der Waals surface area contributed by atoms with Gasteiger partial charge in [-0.05, 0) is 31.9 Å². The van der Waals surface area contributed by atoms with Gasteiger partial charge in [0, 0.05) is 51.6 Å². The van der Waals surface area contributed by atoms with Gasteiger partial charge in [0.1, 0.15) is 11.9 Å². The molecule has 0 aromatic carbocycles. The Balaban J connectivity index is -0.0000000957. The molecule has 3 N–H and O–H groups in total. The van der Waals surface area contributed by atoms with E-state index < -0.39 is 0 Å². The Kier molecular flexibility index (Phi) is 40.4. The second kappa shape index (κ2) is 30.9. The van der Waals surface area contributed by atoms with Crippen molar-refractivity contribution in [1.29, 1.82) is 0 Å². The summed E-state index contributed by atoms with van der Waals surface area (Å²) in [5.74, 6) is 0.914. The second-order valence-electron chi connectivity index (χ2n) is 3.85. The van der Waals surface area contributed by atoms with E-state index in [1.54, 1.807) is 24.7 Å². The van der Waals surface area contributed by atoms with Crippen molar-refractivity contribution in [2.24, 2.45) is 4.99 Å². The van der Waals surface area contributed by atoms with Crippen molar-refractivity contribution in [3.8, 4) is 0 Å². The molecule has 0 aliphatic carbocycles. The van der Waals surface area contributed by atoms with Gasteiger partial charge in [-0.1, -0.05) is 60.8 Å². The maximum absolute atomic E-state index is 4.33. The summed E-state index contributed by atoms with van der Waals surface area (Å²) in [7, 11) is 1.85. The Hall–Kier alpha value is -1.80. The molecule has 0 aliphatic heterocycles. The molecule has 3 heterocycles. The number of aromatic nitrogens is 5. The van der Waals surface area contributed by atoms with Crippen LogP contribution in [0.3, 0.4) is 0 Å². The zero-order valence-electron chi connectivity index (χ0n) is 17.4. The molecular weight excluding hydrogens is 443 g/mol. The minimum Gasteiger partial charge on any atom is -0.426 e. The van der Waals surface area contributed by atoms with Crippen molar-refractivity contribution in [3.63, 3.8) is 0 Å². The number of nitrogens with zero attached hydrogens (tertiary/aromatic N) is 4. The van der Waals surface area contributed by atoms with Crippen LogP contribution in [0.1, 0.15) is 55.0 Å². The smallest absolute Gasteiger partial charge is 0.123 e. The molecule has 3 aromatic heterocycles. The molecule has 8 nitrogen and oxygen atoms in total. The fourth-order valence-corrected chi connectivity index (χ4v) is 1.29. The molecule has 29 heavy (non-hydrogen) atoms. The van der Waals surface area contributed by atoms with E-state index in [0.29, 0.717) is 5.62 Å². The molecule has 3 aromatic rings. The average Bonchev–Trinajstić information content (AvgIpc) is 3.45. The van der Waals surface area contributed by atoms with E-state index in [0.717, 1.165) is 17.9 Å². The largest absolute Gasteiger partial charge is 0.426 e. The Morgan fingerprint density at radius 2 is 1.79 bits per heavy atom. The van der Waals surface area contributed by atoms with Crippen molar-refractivity contribution in [2.45, 2.75) is 56.4 Å². The summed E-state index contributed by atoms with van der Waals surface area (Å²) in [6, 6.07) is 3.56. The molecule has 0 amide bonds. The maximum Gasteiger partial charge on any atom is 0.123 e. The van der Waals surface area contributed by atoms with Crippen LogP contribution < -0.4 is 10.9 Å². The first-order valence-electron chi connectivity index (χ1n) is 8.72. The first-order valence-corrected chi connectivity index (χ1v) is 8.72. The van der Waals surface area contributed by atoms with Crippen LogP contribution >= 0.6 is 0 Å². The van der Waals surface area contributed by atoms with Crippen LogP contribution in [0.15, 0.2) is 46.5 Å². The van der Waals surface area contributed by atoms with Crippen LogP contribution in [0, 0.1) is 13.1 Å². The van der Waals surface area contributed by atoms with Gasteiger partial charge in [-0.25, -0.2) is 0 Å². The van der Waals surface area contributed by atoms with Crippen LogP contribution in [-0.2, 0) is 32.7 Å². The quantitative estimate of drug-likeness (QED) is 0.450. The number of aryl methyl sites for hydroxylation is 1. The first-order chi connectivity index (χ1) is 12.8. The first kappa shape index (κ1) is 37.9. The summed E-state index contributed by atoms with van der Waals surface area (Å²) in [6.45, 7) is 12.6. The topological polar surface area (TPSA) is 108 Å². The minimum absolute atomic E-state index is 0. The zero-order valence-corrected chi connectivity index (χ0v) is 20.3. The maximum atomic E-state index is 4.33. The van der Waals surface area contributed by atoms with Crippen LogP contribution in [0.5, 0.6) is 0 Å². The van der Waals surface area contributed by atoms with Crippen molar-refractivity contribution in [1.82, 2.24) is 25.3 Å². The number of nitrogens with one attached hydrogen (secondary N) is 3. The van der Waals surface area contributed by atoms with Gasteiger partial charge in [-0.15, -0.1) is 5.56 Å². The molecule has 0 saturated heterocycles. The Labute approximate surface area is 202 Å². The molecule has 0 aliphatic rings. The third kappa shape index (κ3) is 22.4. The average molecular weight is 483 g/mol. The number of anilines is 1. The van der Waals surface area contributed by atoms with Crippen molar-refractivity contribution >= 4 is 5.82 Å². The third-order valence-corrected chi connectivity index (χ3v) is 2.25. The predicted molar refractivity (Wildman–Crippen MR) is 119 cm³/mol. The van der Waals surface area contributed by atoms with E-state index in [1.807, 2.05) is 54.7 Å². The van der Waals surface area contributed by atoms with Crippen molar-refractivity contribution < 1.29 is 37.2 Å². The molecule has 0 atom stereocenters. The molecule has 0 fully saturated rings. The summed E-state index contributed by atoms with van der Waals surface area (Å²) in [6.07, 6.45) is 9.42. The second-order valence-corrected chi connectivity index (χ2v) is 3.85. The van der Waals surface area contributed by atoms with E-state index in [1.165, 1.54) is 6.26 Å². The van der Waals surface area contributed by atoms with Gasteiger partial charge in [0.05, 0.1) is 6.20 Å². The Bertz CT molecular complexity index is 593. The molecule has 1 radical (unpaired) electrons. The van der Waals surface area contributed by atoms with E-state index in [4.69, 9.17) is 0 Å². The Morgan fingerprint density at radius 1 is 1.14 bits per heavy atom. The SMILES string of the molecule is C.C.CC.CC.CCN=c1n[c-]c(C)c(NC)[nH]1.[Y].c1cn[nH]c1.c1cnoc1. The fraction of sp³-hybridized carbons (Fsp3) is 0.500. The minimum atomic E-state index is 0. The molecule has 3 rings (SSSR count). The summed E-state index contributed by atoms with van der Waals surface area (Å²) < 4.78 is 4.33. The number of H-pyrrole nitrogens is 2. The van der Waals surface area contributed by atoms with Gasteiger partial charge in [-0.3, -0.25) is 5.10 Å². The van der Waals surface area contributed by atoms with Crippen LogP contribution in [-0.4, -0.2) is 38.9 Å². The molecule has 0 saturated carbocycles. The predicted octanol–water partition coefficient (Wildman–Crippen LogP) is 4.89. The van der Waals surface area contributed by atoms with Crippen molar-refractivity contribution in [2.75, 3.05) is 18.9 Å². The Morgan fingerprint density at radius 3 is 2.10 bits per heavy atom. The van der Waals surface area contributed by atoms with Crippen LogP contribution in [0.4, 0.5) is 5.82 Å². The molecule has 0 bridgehead atoms. The summed E-state index contributed by atoms with van der Waals surface area (Å²) in [5.41, 5.74) is 1.58. The van der Waals surface area contributed by atoms with Crippen molar-refractivity contribution in [3.05, 3.63) is 54.4 Å². The zero-order chi connectivity index (χ0) is 20.0. The standard InChI is InChI=1S/C8H13N4.C3H4N2.C3H3NO.2C2H6.2CH4.Y/c1-4-10-8-11-5-6(2)7(9-3)12-8;2*1-2-4-5-3-1;2*1-2;;;/h4H2,1-3H3,(H2,9,10,11,12);1-3H,(H,4,5);1-3H;2*1-2H3;2*1H4;/q-1;;;;;;;. The van der Waals surface area contributed by atoms with Crippen LogP contribution in [0.25, 0.3) is 0 Å². The molecular formula is C20H40N7OY-. The van der Waals surface area contributed by atoms with Gasteiger partial charge in [0.2, 0.25) is 0 Å². The van der Waals surface area contributed by atoms with E-state index >= 15 is 0 Å². The third-order valence-electron chi connectivity index (χ3n) is 2.25. The van der Waals surface area contributed by atoms with E-state index in [2.05, 4.69) is 46.4 Å². The number of hydrogen-bond acceptors (Lipinski definition) is 6. The monoisotopic (exact) mass is 483 g/mol. The molecule has 0 unspecified atom stereocenters. The van der Waals surface area contributed by atoms with Gasteiger partial charge < -0.3 is 24.8 Å². The fourth-order valence-electron chi connectivity index (χ4n) is 1.29. The van der Waals surface area contributed by atoms with Gasteiger partial charge in [0.25, 0.3) is 0 Å². The molecule has 0 spiro atoms. The number of rotatable bonds is 2. The van der Waals surface area contributed by atoms with Gasteiger partial charge in [0.15, 0.2) is 0 Å². The number of aromatic amines is 2. The molecule has 165 valence electrons. The summed E-state index contributed by atoms with van der Waals surface area (Å²) in [5, 5.41) is 12.6. The normalized spacial score (nSPS) is 8.03. The summed E-state index contributed by atoms with van der Waals surface area (Å²) in [4.78, 5) is 11.2. The number of hydrogen-bond donors (Lipinski definition) is 3. The van der Waals surface area contributed by atoms with Crippen LogP contribution in [0.2, 0.25) is 0 Å². The van der Waals surface area contributed by atoms with Gasteiger partial charge >= 0.3 is 0 Å². The van der Waals surface area contributed by atoms with E-state index in [-0.39, 0.29) is 47.6 Å². The summed E-state index contributed by atoms with van der Waals surface area (Å²) >= 11 is 0. The van der Waals surface area contributed by atoms with E-state index in [9.17, 15) is 0 Å². The molecule has 9 heteroatoms.